The topological polar surface area (TPSA) is 35.5 Å². The molecule has 2 heterocycles. The number of fused-ring (bicyclic) bond motifs is 3. The summed E-state index contributed by atoms with van der Waals surface area (Å²) in [5.41, 5.74) is 1.95. The van der Waals surface area contributed by atoms with Crippen LogP contribution in [0, 0.1) is 46.9 Å². The van der Waals surface area contributed by atoms with Crippen LogP contribution in [0.5, 0.6) is 0 Å². The first-order valence-corrected chi connectivity index (χ1v) is 15.0. The summed E-state index contributed by atoms with van der Waals surface area (Å²) in [6.45, 7) is 17.8. The molecule has 1 radical (unpaired) electrons. The van der Waals surface area contributed by atoms with Gasteiger partial charge in [-0.2, -0.15) is 0 Å². The number of pyridine rings is 2. The van der Waals surface area contributed by atoms with E-state index in [2.05, 4.69) is 34.2 Å². The Bertz CT molecular complexity index is 1010. The van der Waals surface area contributed by atoms with Gasteiger partial charge in [-0.15, -0.1) is 0 Å². The van der Waals surface area contributed by atoms with E-state index >= 15 is 0 Å². The van der Waals surface area contributed by atoms with Crippen LogP contribution >= 0.6 is 36.7 Å². The second-order valence-electron chi connectivity index (χ2n) is 7.53. The molecular formula is C27H38N5S6Yb. The molecule has 2 aromatic heterocycles. The van der Waals surface area contributed by atoms with Crippen LogP contribution in [0.15, 0.2) is 48.8 Å². The van der Waals surface area contributed by atoms with Gasteiger partial charge in [0, 0.05) is 62.4 Å². The molecule has 0 atom stereocenters. The SMILES string of the molecule is CCN(CC)C(=S)[S-].CCN(CC)C(=S)[S-].CCN(CC)C(=S)[S-].[Yb+3].c1cnc2c(c1)ccc1cccnc12. The molecule has 1 aromatic carbocycles. The van der Waals surface area contributed by atoms with Crippen LogP contribution in [-0.2, 0) is 37.9 Å². The van der Waals surface area contributed by atoms with Crippen molar-refractivity contribution in [3.05, 3.63) is 48.8 Å². The molecule has 221 valence electrons. The largest absolute Gasteiger partial charge is 3.00 e. The predicted molar refractivity (Wildman–Crippen MR) is 186 cm³/mol. The quantitative estimate of drug-likeness (QED) is 0.161. The van der Waals surface area contributed by atoms with Crippen LogP contribution in [-0.4, -0.2) is 76.9 Å². The van der Waals surface area contributed by atoms with Crippen molar-refractivity contribution >= 4 is 109 Å². The fourth-order valence-electron chi connectivity index (χ4n) is 3.13. The van der Waals surface area contributed by atoms with Gasteiger partial charge in [-0.25, -0.2) is 0 Å². The molecule has 3 aromatic rings. The van der Waals surface area contributed by atoms with Gasteiger partial charge in [-0.1, -0.05) is 37.2 Å². The van der Waals surface area contributed by atoms with Crippen LogP contribution in [0.4, 0.5) is 0 Å². The smallest absolute Gasteiger partial charge is 0.411 e. The molecule has 0 amide bonds. The van der Waals surface area contributed by atoms with Gasteiger partial charge in [-0.3, -0.25) is 9.97 Å². The molecule has 39 heavy (non-hydrogen) atoms. The zero-order valence-corrected chi connectivity index (χ0v) is 29.9. The first-order valence-electron chi connectivity index (χ1n) is 12.6. The Hall–Kier alpha value is -0.111. The van der Waals surface area contributed by atoms with Crippen molar-refractivity contribution in [2.75, 3.05) is 39.3 Å². The van der Waals surface area contributed by atoms with Gasteiger partial charge in [0.1, 0.15) is 0 Å². The van der Waals surface area contributed by atoms with E-state index in [-0.39, 0.29) is 46.9 Å². The molecule has 0 N–H and O–H groups in total. The van der Waals surface area contributed by atoms with Crippen LogP contribution in [0.2, 0.25) is 0 Å². The first kappa shape index (κ1) is 41.0. The molecule has 5 nitrogen and oxygen atoms in total. The second kappa shape index (κ2) is 24.5. The van der Waals surface area contributed by atoms with Gasteiger partial charge >= 0.3 is 46.9 Å². The third-order valence-electron chi connectivity index (χ3n) is 5.41. The average Bonchev–Trinajstić information content (AvgIpc) is 2.91. The number of thiocarbonyl (C=S) groups is 3. The summed E-state index contributed by atoms with van der Waals surface area (Å²) in [7, 11) is 0. The van der Waals surface area contributed by atoms with Crippen molar-refractivity contribution in [1.29, 1.82) is 0 Å². The summed E-state index contributed by atoms with van der Waals surface area (Å²) in [4.78, 5) is 14.6. The summed E-state index contributed by atoms with van der Waals surface area (Å²) in [5.74, 6) is 0. The Kier molecular flexibility index (Phi) is 25.8. The van der Waals surface area contributed by atoms with Crippen LogP contribution in [0.25, 0.3) is 21.8 Å². The molecule has 0 saturated carbocycles. The molecule has 0 bridgehead atoms. The van der Waals surface area contributed by atoms with Crippen LogP contribution < -0.4 is 0 Å². The molecule has 0 aliphatic carbocycles. The number of hydrogen-bond donors (Lipinski definition) is 0. The maximum Gasteiger partial charge on any atom is 3.00 e. The Labute approximate surface area is 306 Å². The Balaban J connectivity index is 0. The van der Waals surface area contributed by atoms with Crippen molar-refractivity contribution < 1.29 is 46.9 Å². The van der Waals surface area contributed by atoms with E-state index in [0.29, 0.717) is 13.0 Å². The Morgan fingerprint density at radius 2 is 0.821 bits per heavy atom. The van der Waals surface area contributed by atoms with Crippen molar-refractivity contribution in [2.24, 2.45) is 0 Å². The predicted octanol–water partition coefficient (Wildman–Crippen LogP) is 6.26. The summed E-state index contributed by atoms with van der Waals surface area (Å²) >= 11 is 28.5. The van der Waals surface area contributed by atoms with Crippen molar-refractivity contribution in [3.63, 3.8) is 0 Å². The number of hydrogen-bond acceptors (Lipinski definition) is 8. The molecule has 0 spiro atoms. The fourth-order valence-corrected chi connectivity index (χ4v) is 4.67. The third-order valence-corrected chi connectivity index (χ3v) is 6.96. The van der Waals surface area contributed by atoms with Gasteiger partial charge in [0.05, 0.1) is 11.0 Å². The van der Waals surface area contributed by atoms with E-state index in [1.807, 2.05) is 68.4 Å². The molecule has 0 unspecified atom stereocenters. The van der Waals surface area contributed by atoms with Crippen molar-refractivity contribution in [2.45, 2.75) is 41.5 Å². The average molecular weight is 798 g/mol. The van der Waals surface area contributed by atoms with Gasteiger partial charge < -0.3 is 89.2 Å². The molecule has 0 aliphatic rings. The zero-order valence-electron chi connectivity index (χ0n) is 23.3. The van der Waals surface area contributed by atoms with E-state index in [0.717, 1.165) is 61.1 Å². The van der Waals surface area contributed by atoms with E-state index in [1.54, 1.807) is 12.4 Å². The molecule has 12 heteroatoms. The number of rotatable bonds is 6. The normalized spacial score (nSPS) is 9.28. The van der Waals surface area contributed by atoms with Gasteiger partial charge in [-0.05, 0) is 53.7 Å². The van der Waals surface area contributed by atoms with E-state index in [4.69, 9.17) is 74.5 Å². The molecule has 3 rings (SSSR count). The summed E-state index contributed by atoms with van der Waals surface area (Å²) in [6, 6.07) is 12.1. The van der Waals surface area contributed by atoms with Crippen LogP contribution in [0.1, 0.15) is 41.5 Å². The van der Waals surface area contributed by atoms with E-state index < -0.39 is 0 Å². The zero-order chi connectivity index (χ0) is 29.1. The summed E-state index contributed by atoms with van der Waals surface area (Å²) in [6.07, 6.45) is 3.60. The number of benzene rings is 1. The number of aromatic nitrogens is 2. The number of nitrogens with zero attached hydrogens (tertiary/aromatic N) is 5. The van der Waals surface area contributed by atoms with Crippen molar-refractivity contribution in [3.8, 4) is 0 Å². The van der Waals surface area contributed by atoms with E-state index in [9.17, 15) is 0 Å². The maximum absolute atomic E-state index is 4.76. The van der Waals surface area contributed by atoms with Gasteiger partial charge in [0.15, 0.2) is 0 Å². The van der Waals surface area contributed by atoms with Gasteiger partial charge in [0.25, 0.3) is 0 Å². The molecule has 0 saturated heterocycles. The Morgan fingerprint density at radius 3 is 1.00 bits per heavy atom. The maximum atomic E-state index is 4.76. The van der Waals surface area contributed by atoms with Gasteiger partial charge in [0.2, 0.25) is 0 Å². The second-order valence-corrected chi connectivity index (χ2v) is 10.6. The standard InChI is InChI=1S/C12H8N2.3C5H11NS2.Yb/c1-3-9-5-6-10-4-2-8-14-12(10)11(9)13-7-1;3*1-3-6(4-2)5(7)8;/h1-8H;3*3-4H2,1-2H3,(H,7,8);/q;;;;+3/p-3. The minimum Gasteiger partial charge on any atom is -0.411 e. The minimum atomic E-state index is 0. The Morgan fingerprint density at radius 1 is 0.564 bits per heavy atom. The van der Waals surface area contributed by atoms with Crippen LogP contribution in [0.3, 0.4) is 0 Å². The van der Waals surface area contributed by atoms with E-state index in [1.165, 1.54) is 0 Å². The third kappa shape index (κ3) is 16.2. The molecule has 0 fully saturated rings. The molecule has 0 aliphatic heterocycles. The summed E-state index contributed by atoms with van der Waals surface area (Å²) in [5, 5.41) is 2.28. The summed E-state index contributed by atoms with van der Waals surface area (Å²) < 4.78 is 1.74. The minimum absolute atomic E-state index is 0. The molecular weight excluding hydrogens is 760 g/mol. The van der Waals surface area contributed by atoms with Crippen molar-refractivity contribution in [1.82, 2.24) is 24.7 Å². The fraction of sp³-hybridized carbons (Fsp3) is 0.444. The monoisotopic (exact) mass is 798 g/mol. The first-order chi connectivity index (χ1) is 18.1.